The number of fused-ring (bicyclic) bond motifs is 2. The zero-order valence-corrected chi connectivity index (χ0v) is 37.5. The van der Waals surface area contributed by atoms with Gasteiger partial charge in [0.2, 0.25) is 0 Å². The summed E-state index contributed by atoms with van der Waals surface area (Å²) in [6.45, 7) is 13.9. The van der Waals surface area contributed by atoms with Crippen LogP contribution in [0.15, 0.2) is 41.7 Å². The number of Topliss-reactive ketones (excluding diaryl/α,β-unsaturated/α-hetero) is 1. The van der Waals surface area contributed by atoms with Crippen molar-refractivity contribution in [2.45, 2.75) is 142 Å². The minimum atomic E-state index is -1.48. The summed E-state index contributed by atoms with van der Waals surface area (Å²) in [4.78, 5) is 66.3. The molecular formula is C45H66N4O12. The van der Waals surface area contributed by atoms with Gasteiger partial charge < -0.3 is 48.6 Å². The van der Waals surface area contributed by atoms with E-state index in [9.17, 15) is 24.3 Å². The minimum Gasteiger partial charge on any atom is -0.457 e. The summed E-state index contributed by atoms with van der Waals surface area (Å²) in [6, 6.07) is 9.70. The lowest BCUT2D eigenvalue weighted by atomic mass is 9.74. The number of ketones is 1. The lowest BCUT2D eigenvalue weighted by Gasteiger charge is -2.47. The van der Waals surface area contributed by atoms with E-state index in [0.29, 0.717) is 25.1 Å². The number of carbonyl (C=O) groups excluding carboxylic acids is 4. The summed E-state index contributed by atoms with van der Waals surface area (Å²) < 4.78 is 36.7. The molecule has 3 saturated heterocycles. The van der Waals surface area contributed by atoms with Crippen molar-refractivity contribution in [3.8, 4) is 0 Å². The van der Waals surface area contributed by atoms with Gasteiger partial charge in [0.15, 0.2) is 30.4 Å². The number of aliphatic hydroxyl groups excluding tert-OH is 1. The first-order valence-electron chi connectivity index (χ1n) is 21.5. The van der Waals surface area contributed by atoms with Gasteiger partial charge in [-0.2, -0.15) is 0 Å². The minimum absolute atomic E-state index is 0.165. The highest BCUT2D eigenvalue weighted by molar-refractivity contribution is 6.00. The Hall–Kier alpha value is -4.22. The van der Waals surface area contributed by atoms with Gasteiger partial charge in [0.1, 0.15) is 18.1 Å². The Morgan fingerprint density at radius 2 is 1.79 bits per heavy atom. The van der Waals surface area contributed by atoms with Gasteiger partial charge in [-0.3, -0.25) is 19.4 Å². The number of likely N-dealkylation sites (N-methyl/N-ethyl adjacent to an activating group) is 1. The van der Waals surface area contributed by atoms with Crippen LogP contribution in [0.4, 0.5) is 4.79 Å². The largest absolute Gasteiger partial charge is 0.509 e. The number of hydrogen-bond donors (Lipinski definition) is 2. The third-order valence-corrected chi connectivity index (χ3v) is 12.8. The Balaban J connectivity index is 1.43. The van der Waals surface area contributed by atoms with Gasteiger partial charge in [0, 0.05) is 49.0 Å². The topological polar surface area (TPSA) is 194 Å². The first-order chi connectivity index (χ1) is 28.8. The maximum absolute atomic E-state index is 14.3. The van der Waals surface area contributed by atoms with E-state index in [1.165, 1.54) is 14.0 Å². The van der Waals surface area contributed by atoms with Crippen LogP contribution >= 0.6 is 0 Å². The number of aryl methyl sites for hydroxylation is 1. The Labute approximate surface area is 359 Å². The van der Waals surface area contributed by atoms with Crippen LogP contribution in [0.3, 0.4) is 0 Å². The van der Waals surface area contributed by atoms with Crippen LogP contribution in [0.2, 0.25) is 0 Å². The van der Waals surface area contributed by atoms with Crippen molar-refractivity contribution in [1.82, 2.24) is 15.2 Å². The molecule has 0 spiro atoms. The Morgan fingerprint density at radius 1 is 1.07 bits per heavy atom. The number of oxime groups is 1. The van der Waals surface area contributed by atoms with Gasteiger partial charge in [0.05, 0.1) is 29.0 Å². The Bertz CT molecular complexity index is 1890. The van der Waals surface area contributed by atoms with Crippen LogP contribution in [0.1, 0.15) is 86.6 Å². The van der Waals surface area contributed by atoms with Crippen LogP contribution in [0, 0.1) is 23.7 Å². The fourth-order valence-electron chi connectivity index (χ4n) is 9.22. The molecular weight excluding hydrogens is 789 g/mol. The van der Waals surface area contributed by atoms with Crippen LogP contribution in [-0.2, 0) is 54.1 Å². The maximum Gasteiger partial charge on any atom is 0.509 e. The number of ether oxygens (including phenoxy) is 6. The van der Waals surface area contributed by atoms with E-state index in [1.54, 1.807) is 34.6 Å². The molecule has 0 bridgehead atoms. The number of aromatic nitrogens is 1. The average molecular weight is 855 g/mol. The van der Waals surface area contributed by atoms with Gasteiger partial charge in [-0.15, -0.1) is 0 Å². The van der Waals surface area contributed by atoms with Crippen molar-refractivity contribution in [1.29, 1.82) is 0 Å². The van der Waals surface area contributed by atoms with Gasteiger partial charge in [0.25, 0.3) is 5.91 Å². The van der Waals surface area contributed by atoms with Crippen molar-refractivity contribution >= 4 is 40.4 Å². The summed E-state index contributed by atoms with van der Waals surface area (Å²) in [5, 5.41) is 20.0. The maximum atomic E-state index is 14.3. The summed E-state index contributed by atoms with van der Waals surface area (Å²) in [7, 11) is 5.23. The molecule has 61 heavy (non-hydrogen) atoms. The van der Waals surface area contributed by atoms with Gasteiger partial charge in [-0.05, 0) is 91.6 Å². The third kappa shape index (κ3) is 10.9. The van der Waals surface area contributed by atoms with Gasteiger partial charge >= 0.3 is 12.1 Å². The zero-order chi connectivity index (χ0) is 44.8. The van der Waals surface area contributed by atoms with Crippen molar-refractivity contribution in [2.75, 3.05) is 34.4 Å². The van der Waals surface area contributed by atoms with Crippen LogP contribution in [-0.4, -0.2) is 133 Å². The number of cyclic esters (lactones) is 1. The number of aliphatic hydroxyl groups is 1. The fraction of sp³-hybridized carbons (Fsp3) is 0.689. The molecule has 1 amide bonds. The van der Waals surface area contributed by atoms with E-state index in [4.69, 9.17) is 33.3 Å². The molecule has 3 aliphatic heterocycles. The molecule has 3 aliphatic rings. The van der Waals surface area contributed by atoms with Crippen LogP contribution < -0.4 is 5.32 Å². The molecule has 0 unspecified atom stereocenters. The van der Waals surface area contributed by atoms with E-state index in [0.717, 1.165) is 22.9 Å². The number of esters is 1. The molecule has 16 heteroatoms. The number of methoxy groups -OCH3 is 1. The molecule has 0 saturated carbocycles. The zero-order valence-electron chi connectivity index (χ0n) is 37.5. The van der Waals surface area contributed by atoms with Gasteiger partial charge in [-0.25, -0.2) is 4.79 Å². The second kappa shape index (κ2) is 20.3. The van der Waals surface area contributed by atoms with E-state index in [-0.39, 0.29) is 30.9 Å². The molecule has 16 nitrogen and oxygen atoms in total. The van der Waals surface area contributed by atoms with E-state index < -0.39 is 90.1 Å². The lowest BCUT2D eigenvalue weighted by Crippen LogP contribution is -2.59. The molecule has 0 radical (unpaired) electrons. The first-order valence-corrected chi connectivity index (χ1v) is 21.5. The summed E-state index contributed by atoms with van der Waals surface area (Å²) >= 11 is 0. The number of nitrogens with zero attached hydrogens (tertiary/aromatic N) is 3. The standard InChI is InChI=1S/C45H66N4O12/c1-12-34-45(8)40(60-43(54)61-45)27(4)36(48-56-24-35(50)46-19-15-16-30-21-31-17-13-14-18-32(31)47-23-30)25(2)22-44(7,55-11)39(28(5)37(51)29(6)41(53)58-34)59-42-38(52)33(49(9)10)20-26(3)57-42/h13-14,17-18,21,23,25-29,33-34,38-40,42,52H,12,15-16,19-20,22,24H2,1-11H3,(H,46,50)/b48-36+/t25-,26-,27-,28+,29-,33+,34+,38-,39-,40-,42+,44+,45-/m1/s1. The predicted octanol–water partition coefficient (Wildman–Crippen LogP) is 5.01. The molecule has 1 aromatic carbocycles. The number of rotatable bonds is 12. The van der Waals surface area contributed by atoms with E-state index >= 15 is 0 Å². The van der Waals surface area contributed by atoms with E-state index in [2.05, 4.69) is 21.5 Å². The highest BCUT2D eigenvalue weighted by Gasteiger charge is 2.59. The first kappa shape index (κ1) is 47.8. The number of para-hydroxylation sites is 1. The molecule has 338 valence electrons. The lowest BCUT2D eigenvalue weighted by molar-refractivity contribution is -0.295. The van der Waals surface area contributed by atoms with Crippen LogP contribution in [0.25, 0.3) is 10.9 Å². The monoisotopic (exact) mass is 854 g/mol. The highest BCUT2D eigenvalue weighted by atomic mass is 16.8. The molecule has 13 atom stereocenters. The number of carbonyl (C=O) groups is 4. The number of pyridine rings is 1. The highest BCUT2D eigenvalue weighted by Crippen LogP contribution is 2.42. The molecule has 3 fully saturated rings. The molecule has 4 heterocycles. The number of hydrogen-bond acceptors (Lipinski definition) is 15. The second-order valence-electron chi connectivity index (χ2n) is 17.6. The molecule has 1 aromatic heterocycles. The quantitative estimate of drug-likeness (QED) is 0.125. The predicted molar refractivity (Wildman–Crippen MR) is 225 cm³/mol. The van der Waals surface area contributed by atoms with Crippen LogP contribution in [0.5, 0.6) is 0 Å². The van der Waals surface area contributed by atoms with Crippen molar-refractivity contribution < 1.29 is 57.5 Å². The fourth-order valence-corrected chi connectivity index (χ4v) is 9.22. The summed E-state index contributed by atoms with van der Waals surface area (Å²) in [5.74, 6) is -5.12. The SMILES string of the molecule is CC[C@@H]1OC(=O)[C@H](C)C(=O)[C@H](C)[C@@H](O[C@@H]2O[C@H](C)C[C@H](N(C)C)[C@H]2O)[C@@](C)(OC)C[C@@H](C)/C(=N\OCC(=O)NCCCc2cnc3ccccc3c2)[C@@H](C)[C@H]2OC(=O)O[C@]12C. The second-order valence-corrected chi connectivity index (χ2v) is 17.6. The van der Waals surface area contributed by atoms with Crippen molar-refractivity contribution in [3.63, 3.8) is 0 Å². The van der Waals surface area contributed by atoms with E-state index in [1.807, 2.05) is 63.3 Å². The molecule has 0 aliphatic carbocycles. The third-order valence-electron chi connectivity index (χ3n) is 12.8. The summed E-state index contributed by atoms with van der Waals surface area (Å²) in [5.41, 5.74) is -0.380. The normalized spacial score (nSPS) is 35.9. The smallest absolute Gasteiger partial charge is 0.457 e. The Kier molecular flexibility index (Phi) is 15.9. The van der Waals surface area contributed by atoms with Crippen molar-refractivity contribution in [2.24, 2.45) is 28.8 Å². The molecule has 2 aromatic rings. The molecule has 5 rings (SSSR count). The number of nitrogens with one attached hydrogen (secondary N) is 1. The van der Waals surface area contributed by atoms with Gasteiger partial charge in [-0.1, -0.05) is 51.0 Å². The number of amides is 1. The average Bonchev–Trinajstić information content (AvgIpc) is 3.55. The summed E-state index contributed by atoms with van der Waals surface area (Å²) in [6.07, 6.45) is -2.34. The Morgan fingerprint density at radius 3 is 2.48 bits per heavy atom. The molecule has 2 N–H and O–H groups in total. The van der Waals surface area contributed by atoms with Crippen molar-refractivity contribution in [3.05, 3.63) is 42.1 Å². The number of benzene rings is 1.